The van der Waals surface area contributed by atoms with Gasteiger partial charge in [-0.2, -0.15) is 5.10 Å². The van der Waals surface area contributed by atoms with Gasteiger partial charge in [-0.25, -0.2) is 5.43 Å². The first kappa shape index (κ1) is 13.4. The molecule has 0 radical (unpaired) electrons. The highest BCUT2D eigenvalue weighted by Gasteiger charge is 2.08. The van der Waals surface area contributed by atoms with Crippen LogP contribution in [0, 0.1) is 0 Å². The Morgan fingerprint density at radius 3 is 2.61 bits per heavy atom. The van der Waals surface area contributed by atoms with Crippen molar-refractivity contribution in [2.24, 2.45) is 5.10 Å². The van der Waals surface area contributed by atoms with Crippen LogP contribution in [0.2, 0.25) is 5.02 Å². The number of carbonyl (C=O) groups is 1. The van der Waals surface area contributed by atoms with Gasteiger partial charge in [-0.15, -0.1) is 11.8 Å². The van der Waals surface area contributed by atoms with E-state index >= 15 is 0 Å². The fourth-order valence-corrected chi connectivity index (χ4v) is 2.57. The zero-order valence-corrected chi connectivity index (χ0v) is 11.6. The maximum atomic E-state index is 11.6. The maximum absolute atomic E-state index is 11.6. The van der Waals surface area contributed by atoms with Crippen molar-refractivity contribution in [3.8, 4) is 0 Å². The molecule has 1 fully saturated rings. The molecule has 3 nitrogen and oxygen atoms in total. The number of hydrazone groups is 1. The summed E-state index contributed by atoms with van der Waals surface area (Å²) in [7, 11) is 0. The summed E-state index contributed by atoms with van der Waals surface area (Å²) >= 11 is 7.27. The highest BCUT2D eigenvalue weighted by Crippen LogP contribution is 2.20. The molecular formula is C13H15ClN2OS. The first-order valence-corrected chi connectivity index (χ1v) is 7.33. The van der Waals surface area contributed by atoms with Crippen molar-refractivity contribution in [3.05, 3.63) is 29.3 Å². The number of nitrogens with zero attached hydrogens (tertiary/aromatic N) is 1. The molecule has 5 heteroatoms. The van der Waals surface area contributed by atoms with Crippen LogP contribution >= 0.6 is 23.4 Å². The van der Waals surface area contributed by atoms with Crippen molar-refractivity contribution in [2.45, 2.75) is 30.6 Å². The van der Waals surface area contributed by atoms with E-state index < -0.39 is 0 Å². The third-order valence-corrected chi connectivity index (χ3v) is 3.97. The van der Waals surface area contributed by atoms with Crippen molar-refractivity contribution in [1.82, 2.24) is 5.43 Å². The lowest BCUT2D eigenvalue weighted by Gasteiger charge is -2.02. The van der Waals surface area contributed by atoms with Gasteiger partial charge in [-0.3, -0.25) is 4.79 Å². The fraction of sp³-hybridized carbons (Fsp3) is 0.385. The number of halogens is 1. The van der Waals surface area contributed by atoms with Crippen LogP contribution in [0.4, 0.5) is 0 Å². The fourth-order valence-electron chi connectivity index (χ4n) is 1.75. The van der Waals surface area contributed by atoms with Gasteiger partial charge >= 0.3 is 0 Å². The molecule has 0 heterocycles. The van der Waals surface area contributed by atoms with E-state index in [4.69, 9.17) is 11.6 Å². The lowest BCUT2D eigenvalue weighted by Crippen LogP contribution is -2.20. The van der Waals surface area contributed by atoms with E-state index in [0.29, 0.717) is 10.8 Å². The topological polar surface area (TPSA) is 41.5 Å². The Kier molecular flexibility index (Phi) is 5.08. The number of benzene rings is 1. The highest BCUT2D eigenvalue weighted by atomic mass is 35.5. The average Bonchev–Trinajstić information content (AvgIpc) is 2.89. The Labute approximate surface area is 116 Å². The first-order valence-electron chi connectivity index (χ1n) is 5.97. The molecule has 0 saturated heterocycles. The second kappa shape index (κ2) is 6.81. The predicted octanol–water partition coefficient (Wildman–Crippen LogP) is 3.48. The van der Waals surface area contributed by atoms with Gasteiger partial charge in [0.25, 0.3) is 0 Å². The number of carbonyl (C=O) groups excluding carboxylic acids is 1. The molecule has 0 unspecified atom stereocenters. The molecule has 1 amide bonds. The van der Waals surface area contributed by atoms with Crippen molar-refractivity contribution in [1.29, 1.82) is 0 Å². The zero-order chi connectivity index (χ0) is 12.8. The number of amides is 1. The van der Waals surface area contributed by atoms with Gasteiger partial charge in [0, 0.05) is 15.6 Å². The van der Waals surface area contributed by atoms with Crippen LogP contribution in [-0.4, -0.2) is 17.4 Å². The normalized spacial score (nSPS) is 14.6. The molecule has 18 heavy (non-hydrogen) atoms. The zero-order valence-electron chi connectivity index (χ0n) is 9.99. The van der Waals surface area contributed by atoms with Crippen molar-refractivity contribution in [2.75, 3.05) is 5.75 Å². The largest absolute Gasteiger partial charge is 0.272 e. The average molecular weight is 283 g/mol. The molecule has 1 saturated carbocycles. The molecule has 0 aliphatic heterocycles. The summed E-state index contributed by atoms with van der Waals surface area (Å²) in [5.41, 5.74) is 3.72. The minimum atomic E-state index is -0.0608. The summed E-state index contributed by atoms with van der Waals surface area (Å²) in [5.74, 6) is 0.313. The van der Waals surface area contributed by atoms with Gasteiger partial charge in [-0.1, -0.05) is 11.6 Å². The van der Waals surface area contributed by atoms with Crippen molar-refractivity contribution in [3.63, 3.8) is 0 Å². The lowest BCUT2D eigenvalue weighted by molar-refractivity contribution is -0.118. The van der Waals surface area contributed by atoms with Crippen LogP contribution in [0.3, 0.4) is 0 Å². The molecule has 1 aliphatic carbocycles. The van der Waals surface area contributed by atoms with Crippen LogP contribution in [-0.2, 0) is 4.79 Å². The smallest absolute Gasteiger partial charge is 0.250 e. The van der Waals surface area contributed by atoms with E-state index in [0.717, 1.165) is 23.4 Å². The van der Waals surface area contributed by atoms with Crippen molar-refractivity contribution >= 4 is 35.0 Å². The van der Waals surface area contributed by atoms with Gasteiger partial charge in [-0.05, 0) is 49.9 Å². The summed E-state index contributed by atoms with van der Waals surface area (Å²) in [6.07, 6.45) is 4.41. The van der Waals surface area contributed by atoms with Gasteiger partial charge in [0.15, 0.2) is 0 Å². The van der Waals surface area contributed by atoms with Crippen LogP contribution in [0.1, 0.15) is 25.7 Å². The Morgan fingerprint density at radius 2 is 1.94 bits per heavy atom. The van der Waals surface area contributed by atoms with Gasteiger partial charge in [0.05, 0.1) is 5.75 Å². The van der Waals surface area contributed by atoms with Gasteiger partial charge in [0.2, 0.25) is 5.91 Å². The molecule has 96 valence electrons. The minimum absolute atomic E-state index is 0.0608. The maximum Gasteiger partial charge on any atom is 0.250 e. The quantitative estimate of drug-likeness (QED) is 0.678. The third kappa shape index (κ3) is 4.35. The first-order chi connectivity index (χ1) is 8.74. The SMILES string of the molecule is O=C(CSc1ccc(Cl)cc1)NN=C1CCCC1. The number of hydrogen-bond acceptors (Lipinski definition) is 3. The molecule has 2 rings (SSSR count). The Balaban J connectivity index is 1.74. The van der Waals surface area contributed by atoms with E-state index in [1.165, 1.54) is 24.6 Å². The summed E-state index contributed by atoms with van der Waals surface area (Å²) in [5, 5.41) is 4.84. The van der Waals surface area contributed by atoms with E-state index in [1.54, 1.807) is 0 Å². The van der Waals surface area contributed by atoms with E-state index in [-0.39, 0.29) is 5.91 Å². The highest BCUT2D eigenvalue weighted by molar-refractivity contribution is 8.00. The monoisotopic (exact) mass is 282 g/mol. The number of nitrogens with one attached hydrogen (secondary N) is 1. The lowest BCUT2D eigenvalue weighted by atomic mass is 10.3. The molecule has 0 aromatic heterocycles. The summed E-state index contributed by atoms with van der Waals surface area (Å²) in [6, 6.07) is 7.45. The van der Waals surface area contributed by atoms with Gasteiger partial charge < -0.3 is 0 Å². The van der Waals surface area contributed by atoms with E-state index in [2.05, 4.69) is 10.5 Å². The molecule has 0 spiro atoms. The van der Waals surface area contributed by atoms with Crippen LogP contribution in [0.25, 0.3) is 0 Å². The van der Waals surface area contributed by atoms with Crippen LogP contribution in [0.15, 0.2) is 34.3 Å². The Bertz CT molecular complexity index is 437. The second-order valence-electron chi connectivity index (χ2n) is 4.16. The van der Waals surface area contributed by atoms with E-state index in [1.807, 2.05) is 24.3 Å². The van der Waals surface area contributed by atoms with Crippen LogP contribution in [0.5, 0.6) is 0 Å². The summed E-state index contributed by atoms with van der Waals surface area (Å²) in [4.78, 5) is 12.6. The summed E-state index contributed by atoms with van der Waals surface area (Å²) < 4.78 is 0. The third-order valence-electron chi connectivity index (χ3n) is 2.70. The number of thioether (sulfide) groups is 1. The number of rotatable bonds is 4. The minimum Gasteiger partial charge on any atom is -0.272 e. The molecule has 0 atom stereocenters. The van der Waals surface area contributed by atoms with E-state index in [9.17, 15) is 4.79 Å². The molecule has 1 aromatic rings. The Hall–Kier alpha value is -1.00. The number of hydrogen-bond donors (Lipinski definition) is 1. The molecular weight excluding hydrogens is 268 g/mol. The second-order valence-corrected chi connectivity index (χ2v) is 5.65. The molecule has 1 aromatic carbocycles. The summed E-state index contributed by atoms with van der Waals surface area (Å²) in [6.45, 7) is 0. The molecule has 1 aliphatic rings. The Morgan fingerprint density at radius 1 is 1.28 bits per heavy atom. The van der Waals surface area contributed by atoms with Crippen molar-refractivity contribution < 1.29 is 4.79 Å². The molecule has 1 N–H and O–H groups in total. The molecule has 0 bridgehead atoms. The standard InChI is InChI=1S/C13H15ClN2OS/c14-10-5-7-12(8-6-10)18-9-13(17)16-15-11-3-1-2-4-11/h5-8H,1-4,9H2,(H,16,17). The van der Waals surface area contributed by atoms with Crippen LogP contribution < -0.4 is 5.43 Å². The predicted molar refractivity (Wildman–Crippen MR) is 76.2 cm³/mol. The van der Waals surface area contributed by atoms with Gasteiger partial charge in [0.1, 0.15) is 0 Å².